The van der Waals surface area contributed by atoms with Crippen molar-refractivity contribution in [2.75, 3.05) is 13.2 Å². The highest BCUT2D eigenvalue weighted by atomic mass is 79.9. The van der Waals surface area contributed by atoms with Gasteiger partial charge in [0.15, 0.2) is 0 Å². The highest BCUT2D eigenvalue weighted by Crippen LogP contribution is 2.31. The average Bonchev–Trinajstić information content (AvgIpc) is 3.24. The summed E-state index contributed by atoms with van der Waals surface area (Å²) in [6, 6.07) is 0. The van der Waals surface area contributed by atoms with Crippen LogP contribution in [0.1, 0.15) is 82.3 Å². The van der Waals surface area contributed by atoms with Crippen molar-refractivity contribution in [1.82, 2.24) is 9.13 Å². The second-order valence-electron chi connectivity index (χ2n) is 8.20. The topological polar surface area (TPSA) is 132 Å². The van der Waals surface area contributed by atoms with Crippen LogP contribution in [0, 0.1) is 0 Å². The summed E-state index contributed by atoms with van der Waals surface area (Å²) in [7, 11) is 0. The van der Waals surface area contributed by atoms with E-state index in [1.54, 1.807) is 6.92 Å². The van der Waals surface area contributed by atoms with E-state index >= 15 is 0 Å². The lowest BCUT2D eigenvalue weighted by atomic mass is 10.1. The molecule has 0 spiro atoms. The van der Waals surface area contributed by atoms with Gasteiger partial charge in [0.05, 0.1) is 12.2 Å². The Morgan fingerprint density at radius 1 is 1.11 bits per heavy atom. The Labute approximate surface area is 217 Å². The molecule has 1 saturated heterocycles. The van der Waals surface area contributed by atoms with Crippen LogP contribution in [0.2, 0.25) is 0 Å². The molecule has 0 N–H and O–H groups in total. The molecule has 1 fully saturated rings. The van der Waals surface area contributed by atoms with Crippen molar-refractivity contribution in [2.24, 2.45) is 0 Å². The second kappa shape index (κ2) is 14.7. The Bertz CT molecular complexity index is 1060. The summed E-state index contributed by atoms with van der Waals surface area (Å²) in [6.07, 6.45) is 2.09. The first-order chi connectivity index (χ1) is 17.3. The number of rotatable bonds is 12. The Kier molecular flexibility index (Phi) is 12.1. The smallest absolute Gasteiger partial charge is 0.459 e. The van der Waals surface area contributed by atoms with Crippen LogP contribution in [-0.2, 0) is 23.7 Å². The van der Waals surface area contributed by atoms with Gasteiger partial charge in [-0.2, -0.15) is 4.57 Å². The standard InChI is InChI=1S/C24H33BrN2O9/c1-4-7-9-19(28)27-22(30)16(11-12-25)14-26(23(27)31)20-13-17(36-21(29)10-8-5-2)18(35-20)15-34-24(32)33-6-3/h11-12,14,17-18,20H,4-10,13,15H2,1-3H3/t17-,18+,20+/m0/s1. The molecule has 2 rings (SSSR count). The monoisotopic (exact) mass is 572 g/mol. The molecule has 36 heavy (non-hydrogen) atoms. The number of hydrogen-bond donors (Lipinski definition) is 0. The van der Waals surface area contributed by atoms with Gasteiger partial charge in [-0.25, -0.2) is 9.59 Å². The molecule has 0 aliphatic carbocycles. The minimum atomic E-state index is -0.981. The quantitative estimate of drug-likeness (QED) is 0.343. The van der Waals surface area contributed by atoms with E-state index in [0.29, 0.717) is 23.8 Å². The summed E-state index contributed by atoms with van der Waals surface area (Å²) >= 11 is 3.11. The summed E-state index contributed by atoms with van der Waals surface area (Å²) in [6.45, 7) is 5.31. The maximum absolute atomic E-state index is 13.2. The number of nitrogens with zero attached hydrogens (tertiary/aromatic N) is 2. The van der Waals surface area contributed by atoms with E-state index in [1.165, 1.54) is 17.3 Å². The third-order valence-electron chi connectivity index (χ3n) is 5.51. The van der Waals surface area contributed by atoms with E-state index in [9.17, 15) is 24.0 Å². The molecule has 0 saturated carbocycles. The Morgan fingerprint density at radius 3 is 2.44 bits per heavy atom. The van der Waals surface area contributed by atoms with Gasteiger partial charge in [-0.05, 0) is 30.8 Å². The molecule has 12 heteroatoms. The molecule has 1 aliphatic rings. The van der Waals surface area contributed by atoms with Crippen LogP contribution >= 0.6 is 15.9 Å². The maximum Gasteiger partial charge on any atom is 0.508 e. The minimum Gasteiger partial charge on any atom is -0.459 e. The first kappa shape index (κ1) is 29.5. The molecular weight excluding hydrogens is 540 g/mol. The van der Waals surface area contributed by atoms with Crippen molar-refractivity contribution < 1.29 is 33.3 Å². The van der Waals surface area contributed by atoms with Crippen LogP contribution in [0.5, 0.6) is 0 Å². The summed E-state index contributed by atoms with van der Waals surface area (Å²) in [5.41, 5.74) is -1.51. The van der Waals surface area contributed by atoms with Crippen LogP contribution in [0.4, 0.5) is 4.79 Å². The first-order valence-corrected chi connectivity index (χ1v) is 13.0. The zero-order valence-corrected chi connectivity index (χ0v) is 22.4. The number of ether oxygens (including phenoxy) is 4. The lowest BCUT2D eigenvalue weighted by Gasteiger charge is -2.19. The summed E-state index contributed by atoms with van der Waals surface area (Å²) in [5, 5.41) is 0. The van der Waals surface area contributed by atoms with Gasteiger partial charge in [0, 0.05) is 25.5 Å². The molecule has 0 radical (unpaired) electrons. The normalized spacial score (nSPS) is 19.4. The van der Waals surface area contributed by atoms with Gasteiger partial charge in [-0.15, -0.1) is 0 Å². The first-order valence-electron chi connectivity index (χ1n) is 12.1. The van der Waals surface area contributed by atoms with E-state index in [-0.39, 0.29) is 38.0 Å². The van der Waals surface area contributed by atoms with Crippen LogP contribution < -0.4 is 11.2 Å². The Balaban J connectivity index is 2.41. The summed E-state index contributed by atoms with van der Waals surface area (Å²) in [5.74, 6) is -1.06. The lowest BCUT2D eigenvalue weighted by molar-refractivity contribution is -0.153. The number of halogens is 1. The molecule has 0 aromatic carbocycles. The molecule has 0 unspecified atom stereocenters. The van der Waals surface area contributed by atoms with E-state index in [0.717, 1.165) is 11.0 Å². The van der Waals surface area contributed by atoms with Crippen LogP contribution in [0.15, 0.2) is 20.8 Å². The van der Waals surface area contributed by atoms with E-state index in [1.807, 2.05) is 13.8 Å². The van der Waals surface area contributed by atoms with Crippen molar-refractivity contribution in [3.05, 3.63) is 37.6 Å². The molecule has 0 bridgehead atoms. The predicted molar refractivity (Wildman–Crippen MR) is 134 cm³/mol. The maximum atomic E-state index is 13.2. The SMILES string of the molecule is CCCCC(=O)O[C@H]1C[C@H](n2cc(C=CBr)c(=O)n(C(=O)CCCC)c2=O)O[C@@H]1COC(=O)OCC. The fraction of sp³-hybridized carbons (Fsp3) is 0.625. The number of esters is 1. The highest BCUT2D eigenvalue weighted by molar-refractivity contribution is 9.11. The van der Waals surface area contributed by atoms with Crippen LogP contribution in [-0.4, -0.2) is 52.6 Å². The molecule has 2 heterocycles. The number of hydrogen-bond acceptors (Lipinski definition) is 9. The molecule has 1 aromatic heterocycles. The van der Waals surface area contributed by atoms with Crippen molar-refractivity contribution in [2.45, 2.75) is 84.2 Å². The summed E-state index contributed by atoms with van der Waals surface area (Å²) < 4.78 is 23.1. The second-order valence-corrected chi connectivity index (χ2v) is 8.72. The zero-order chi connectivity index (χ0) is 26.7. The fourth-order valence-electron chi connectivity index (χ4n) is 3.64. The Morgan fingerprint density at radius 2 is 1.81 bits per heavy atom. The molecule has 200 valence electrons. The van der Waals surface area contributed by atoms with Crippen molar-refractivity contribution >= 4 is 40.0 Å². The summed E-state index contributed by atoms with van der Waals surface area (Å²) in [4.78, 5) is 64.2. The highest BCUT2D eigenvalue weighted by Gasteiger charge is 2.40. The predicted octanol–water partition coefficient (Wildman–Crippen LogP) is 3.77. The van der Waals surface area contributed by atoms with E-state index < -0.39 is 47.7 Å². The van der Waals surface area contributed by atoms with Gasteiger partial charge in [0.1, 0.15) is 25.0 Å². The average molecular weight is 573 g/mol. The van der Waals surface area contributed by atoms with Crippen molar-refractivity contribution in [3.63, 3.8) is 0 Å². The van der Waals surface area contributed by atoms with Gasteiger partial charge in [-0.1, -0.05) is 42.6 Å². The van der Waals surface area contributed by atoms with E-state index in [4.69, 9.17) is 18.9 Å². The molecular formula is C24H33BrN2O9. The lowest BCUT2D eigenvalue weighted by Crippen LogP contribution is -2.45. The zero-order valence-electron chi connectivity index (χ0n) is 20.8. The third kappa shape index (κ3) is 7.89. The van der Waals surface area contributed by atoms with Crippen molar-refractivity contribution in [3.8, 4) is 0 Å². The number of carbonyl (C=O) groups is 3. The van der Waals surface area contributed by atoms with Gasteiger partial charge in [0.25, 0.3) is 5.56 Å². The third-order valence-corrected chi connectivity index (χ3v) is 5.78. The van der Waals surface area contributed by atoms with E-state index in [2.05, 4.69) is 15.9 Å². The Hall–Kier alpha value is -2.73. The van der Waals surface area contributed by atoms with Gasteiger partial charge in [-0.3, -0.25) is 19.0 Å². The molecule has 0 amide bonds. The molecule has 1 aromatic rings. The molecule has 1 aliphatic heterocycles. The number of carbonyl (C=O) groups excluding carboxylic acids is 3. The number of unbranched alkanes of at least 4 members (excludes halogenated alkanes) is 2. The van der Waals surface area contributed by atoms with Gasteiger partial charge >= 0.3 is 17.8 Å². The molecule has 3 atom stereocenters. The van der Waals surface area contributed by atoms with Crippen LogP contribution in [0.25, 0.3) is 6.08 Å². The molecule has 11 nitrogen and oxygen atoms in total. The van der Waals surface area contributed by atoms with Gasteiger partial charge in [0.2, 0.25) is 5.91 Å². The van der Waals surface area contributed by atoms with Crippen molar-refractivity contribution in [1.29, 1.82) is 0 Å². The largest absolute Gasteiger partial charge is 0.508 e. The minimum absolute atomic E-state index is 0.0340. The van der Waals surface area contributed by atoms with Crippen LogP contribution in [0.3, 0.4) is 0 Å². The number of aromatic nitrogens is 2. The van der Waals surface area contributed by atoms with Gasteiger partial charge < -0.3 is 18.9 Å². The fourth-order valence-corrected chi connectivity index (χ4v) is 3.93.